The summed E-state index contributed by atoms with van der Waals surface area (Å²) in [4.78, 5) is 22.6. The smallest absolute Gasteiger partial charge is 0.276 e. The maximum absolute atomic E-state index is 12.7. The number of anilines is 1. The van der Waals surface area contributed by atoms with Gasteiger partial charge in [0.2, 0.25) is 15.9 Å². The normalized spacial score (nSPS) is 11.7. The van der Waals surface area contributed by atoms with Gasteiger partial charge in [0.25, 0.3) is 5.69 Å². The Kier molecular flexibility index (Phi) is 7.49. The van der Waals surface area contributed by atoms with Crippen LogP contribution in [0.2, 0.25) is 5.02 Å². The molecule has 0 saturated carbocycles. The monoisotopic (exact) mass is 437 g/mol. The van der Waals surface area contributed by atoms with Crippen molar-refractivity contribution in [1.82, 2.24) is 4.31 Å². The van der Waals surface area contributed by atoms with Gasteiger partial charge in [-0.15, -0.1) is 0 Å². The molecule has 1 amide bonds. The lowest BCUT2D eigenvalue weighted by molar-refractivity contribution is -0.385. The number of amides is 1. The standard InChI is InChI=1S/C19H20ClN3O5S/c1-3-22(4-2)29(27,28)18-13-15(10-11-16(18)20)21-19(24)12-9-14-7-5-6-8-17(14)23(25)26/h5-13H,3-4H2,1-2H3,(H,21,24)/b12-9+. The van der Waals surface area contributed by atoms with Crippen LogP contribution in [0.15, 0.2) is 53.4 Å². The zero-order chi connectivity index (χ0) is 21.6. The van der Waals surface area contributed by atoms with E-state index in [4.69, 9.17) is 11.6 Å². The van der Waals surface area contributed by atoms with Crippen LogP contribution >= 0.6 is 11.6 Å². The van der Waals surface area contributed by atoms with E-state index in [1.165, 1.54) is 46.8 Å². The minimum Gasteiger partial charge on any atom is -0.322 e. The SMILES string of the molecule is CCN(CC)S(=O)(=O)c1cc(NC(=O)/C=C/c2ccccc2[N+](=O)[O-])ccc1Cl. The molecule has 0 radical (unpaired) electrons. The van der Waals surface area contributed by atoms with E-state index < -0.39 is 20.9 Å². The van der Waals surface area contributed by atoms with Crippen LogP contribution in [-0.2, 0) is 14.8 Å². The summed E-state index contributed by atoms with van der Waals surface area (Å²) < 4.78 is 26.7. The second-order valence-corrected chi connectivity index (χ2v) is 8.19. The number of rotatable bonds is 8. The van der Waals surface area contributed by atoms with E-state index in [2.05, 4.69) is 5.32 Å². The van der Waals surface area contributed by atoms with Gasteiger partial charge >= 0.3 is 0 Å². The number of carbonyl (C=O) groups excluding carboxylic acids is 1. The number of sulfonamides is 1. The number of para-hydroxylation sites is 1. The summed E-state index contributed by atoms with van der Waals surface area (Å²) in [5.41, 5.74) is 0.376. The fourth-order valence-electron chi connectivity index (χ4n) is 2.63. The number of nitro benzene ring substituents is 1. The van der Waals surface area contributed by atoms with Gasteiger partial charge in [0.1, 0.15) is 4.90 Å². The van der Waals surface area contributed by atoms with Crippen LogP contribution in [0.1, 0.15) is 19.4 Å². The summed E-state index contributed by atoms with van der Waals surface area (Å²) in [6, 6.07) is 10.1. The van der Waals surface area contributed by atoms with Crippen molar-refractivity contribution in [2.24, 2.45) is 0 Å². The van der Waals surface area contributed by atoms with Gasteiger partial charge in [0.15, 0.2) is 0 Å². The molecule has 2 rings (SSSR count). The number of halogens is 1. The van der Waals surface area contributed by atoms with Gasteiger partial charge < -0.3 is 5.32 Å². The highest BCUT2D eigenvalue weighted by molar-refractivity contribution is 7.89. The average molecular weight is 438 g/mol. The van der Waals surface area contributed by atoms with Crippen LogP contribution in [0.4, 0.5) is 11.4 Å². The summed E-state index contributed by atoms with van der Waals surface area (Å²) in [6.45, 7) is 4.00. The second-order valence-electron chi connectivity index (χ2n) is 5.87. The molecule has 0 aromatic heterocycles. The largest absolute Gasteiger partial charge is 0.322 e. The first-order valence-corrected chi connectivity index (χ1v) is 10.5. The zero-order valence-corrected chi connectivity index (χ0v) is 17.4. The molecular weight excluding hydrogens is 418 g/mol. The van der Waals surface area contributed by atoms with E-state index in [1.807, 2.05) is 0 Å². The number of nitrogens with one attached hydrogen (secondary N) is 1. The maximum Gasteiger partial charge on any atom is 0.276 e. The van der Waals surface area contributed by atoms with E-state index in [9.17, 15) is 23.3 Å². The molecule has 0 aliphatic heterocycles. The molecule has 0 saturated heterocycles. The molecule has 0 aliphatic rings. The number of hydrogen-bond acceptors (Lipinski definition) is 5. The molecule has 10 heteroatoms. The average Bonchev–Trinajstić information content (AvgIpc) is 2.68. The first kappa shape index (κ1) is 22.5. The van der Waals surface area contributed by atoms with Gasteiger partial charge in [-0.2, -0.15) is 4.31 Å². The third kappa shape index (κ3) is 5.41. The molecule has 0 heterocycles. The number of nitrogens with zero attached hydrogens (tertiary/aromatic N) is 2. The van der Waals surface area contributed by atoms with Gasteiger partial charge in [0, 0.05) is 30.9 Å². The molecule has 0 fully saturated rings. The quantitative estimate of drug-likeness (QED) is 0.382. The van der Waals surface area contributed by atoms with Crippen molar-refractivity contribution in [2.45, 2.75) is 18.7 Å². The Bertz CT molecular complexity index is 1050. The predicted molar refractivity (Wildman–Crippen MR) is 112 cm³/mol. The third-order valence-electron chi connectivity index (χ3n) is 4.07. The van der Waals surface area contributed by atoms with E-state index >= 15 is 0 Å². The molecule has 1 N–H and O–H groups in total. The molecule has 2 aromatic carbocycles. The Morgan fingerprint density at radius 1 is 1.21 bits per heavy atom. The van der Waals surface area contributed by atoms with Crippen molar-refractivity contribution in [3.8, 4) is 0 Å². The molecule has 0 spiro atoms. The Labute approximate surface area is 174 Å². The van der Waals surface area contributed by atoms with E-state index in [0.717, 1.165) is 6.08 Å². The number of benzene rings is 2. The summed E-state index contributed by atoms with van der Waals surface area (Å²) in [5, 5.41) is 13.6. The third-order valence-corrected chi connectivity index (χ3v) is 6.60. The summed E-state index contributed by atoms with van der Waals surface area (Å²) >= 11 is 6.07. The van der Waals surface area contributed by atoms with Crippen molar-refractivity contribution >= 4 is 45.0 Å². The van der Waals surface area contributed by atoms with Crippen LogP contribution in [-0.4, -0.2) is 36.6 Å². The lowest BCUT2D eigenvalue weighted by atomic mass is 10.1. The van der Waals surface area contributed by atoms with Crippen LogP contribution in [0.3, 0.4) is 0 Å². The molecule has 29 heavy (non-hydrogen) atoms. The van der Waals surface area contributed by atoms with E-state index in [-0.39, 0.29) is 39.9 Å². The summed E-state index contributed by atoms with van der Waals surface area (Å²) in [6.07, 6.45) is 2.45. The highest BCUT2D eigenvalue weighted by Gasteiger charge is 2.24. The first-order chi connectivity index (χ1) is 13.7. The Balaban J connectivity index is 2.25. The zero-order valence-electron chi connectivity index (χ0n) is 15.8. The Morgan fingerprint density at radius 3 is 2.48 bits per heavy atom. The highest BCUT2D eigenvalue weighted by Crippen LogP contribution is 2.28. The van der Waals surface area contributed by atoms with Crippen molar-refractivity contribution in [3.63, 3.8) is 0 Å². The fraction of sp³-hybridized carbons (Fsp3) is 0.211. The maximum atomic E-state index is 12.7. The summed E-state index contributed by atoms with van der Waals surface area (Å²) in [7, 11) is -3.80. The van der Waals surface area contributed by atoms with Crippen LogP contribution in [0.25, 0.3) is 6.08 Å². The van der Waals surface area contributed by atoms with Crippen LogP contribution < -0.4 is 5.32 Å². The van der Waals surface area contributed by atoms with Crippen LogP contribution in [0, 0.1) is 10.1 Å². The van der Waals surface area contributed by atoms with E-state index in [0.29, 0.717) is 0 Å². The molecule has 2 aromatic rings. The fourth-order valence-corrected chi connectivity index (χ4v) is 4.58. The minimum absolute atomic E-state index is 0.0466. The van der Waals surface area contributed by atoms with Gasteiger partial charge in [-0.25, -0.2) is 8.42 Å². The minimum atomic E-state index is -3.80. The highest BCUT2D eigenvalue weighted by atomic mass is 35.5. The van der Waals surface area contributed by atoms with Gasteiger partial charge in [-0.05, 0) is 30.3 Å². The molecule has 154 valence electrons. The molecule has 0 bridgehead atoms. The molecule has 0 atom stereocenters. The van der Waals surface area contributed by atoms with Crippen molar-refractivity contribution in [3.05, 3.63) is 69.2 Å². The molecule has 0 aliphatic carbocycles. The van der Waals surface area contributed by atoms with Gasteiger partial charge in [-0.3, -0.25) is 14.9 Å². The lowest BCUT2D eigenvalue weighted by Gasteiger charge is -2.19. The number of nitro groups is 1. The molecule has 8 nitrogen and oxygen atoms in total. The number of hydrogen-bond donors (Lipinski definition) is 1. The Morgan fingerprint density at radius 2 is 1.86 bits per heavy atom. The Hall–Kier alpha value is -2.75. The first-order valence-electron chi connectivity index (χ1n) is 8.72. The van der Waals surface area contributed by atoms with Gasteiger partial charge in [-0.1, -0.05) is 37.6 Å². The van der Waals surface area contributed by atoms with Crippen molar-refractivity contribution in [2.75, 3.05) is 18.4 Å². The molecule has 0 unspecified atom stereocenters. The molecular formula is C19H20ClN3O5S. The lowest BCUT2D eigenvalue weighted by Crippen LogP contribution is -2.30. The predicted octanol–water partition coefficient (Wildman–Crippen LogP) is 3.93. The summed E-state index contributed by atoms with van der Waals surface area (Å²) in [5.74, 6) is -0.573. The van der Waals surface area contributed by atoms with Crippen molar-refractivity contribution in [1.29, 1.82) is 0 Å². The van der Waals surface area contributed by atoms with Gasteiger partial charge in [0.05, 0.1) is 15.5 Å². The number of carbonyl (C=O) groups is 1. The van der Waals surface area contributed by atoms with Crippen LogP contribution in [0.5, 0.6) is 0 Å². The second kappa shape index (κ2) is 9.64. The van der Waals surface area contributed by atoms with E-state index in [1.54, 1.807) is 19.9 Å². The van der Waals surface area contributed by atoms with Crippen molar-refractivity contribution < 1.29 is 18.1 Å². The topological polar surface area (TPSA) is 110 Å².